The molecule has 0 atom stereocenters. The van der Waals surface area contributed by atoms with Crippen LogP contribution in [0.25, 0.3) is 21.7 Å². The number of hydrogen-bond acceptors (Lipinski definition) is 6. The van der Waals surface area contributed by atoms with Crippen LogP contribution in [-0.4, -0.2) is 29.6 Å². The number of aromatic nitrogens is 1. The largest absolute Gasteiger partial charge is 0.573 e. The highest BCUT2D eigenvalue weighted by atomic mass is 32.2. The summed E-state index contributed by atoms with van der Waals surface area (Å²) >= 11 is 5.19. The Morgan fingerprint density at radius 2 is 1.71 bits per heavy atom. The lowest BCUT2D eigenvalue weighted by Crippen LogP contribution is -2.17. The minimum atomic E-state index is -4.92. The molecule has 4 aromatic carbocycles. The van der Waals surface area contributed by atoms with Crippen LogP contribution in [0.1, 0.15) is 5.56 Å². The van der Waals surface area contributed by atoms with Crippen molar-refractivity contribution in [2.75, 3.05) is 5.32 Å². The third-order valence-corrected chi connectivity index (χ3v) is 7.16. The van der Waals surface area contributed by atoms with Crippen LogP contribution < -0.4 is 15.2 Å². The lowest BCUT2D eigenvalue weighted by atomic mass is 10.1. The minimum Gasteiger partial charge on any atom is -0.493 e. The van der Waals surface area contributed by atoms with Crippen molar-refractivity contribution >= 4 is 60.4 Å². The number of thiocarbonyl (C=S) groups is 1. The van der Waals surface area contributed by atoms with Gasteiger partial charge in [-0.3, -0.25) is 0 Å². The Bertz CT molecular complexity index is 1920. The molecule has 1 aromatic heterocycles. The van der Waals surface area contributed by atoms with Crippen molar-refractivity contribution in [3.63, 3.8) is 0 Å². The van der Waals surface area contributed by atoms with Crippen LogP contribution >= 0.6 is 12.2 Å². The molecule has 0 aliphatic rings. The molecule has 0 radical (unpaired) electrons. The van der Waals surface area contributed by atoms with Crippen molar-refractivity contribution in [3.8, 4) is 11.6 Å². The maximum atomic E-state index is 12.9. The summed E-state index contributed by atoms with van der Waals surface area (Å²) in [6, 6.07) is 22.5. The van der Waals surface area contributed by atoms with Gasteiger partial charge in [-0.25, -0.2) is 13.6 Å². The van der Waals surface area contributed by atoms with Gasteiger partial charge in [0.25, 0.3) is 0 Å². The van der Waals surface area contributed by atoms with Crippen LogP contribution in [-0.2, 0) is 16.6 Å². The van der Waals surface area contributed by atoms with Crippen LogP contribution in [0.2, 0.25) is 0 Å². The number of nitrogens with one attached hydrogen (secondary N) is 1. The Kier molecular flexibility index (Phi) is 7.38. The molecule has 5 rings (SSSR count). The number of ether oxygens (including phenoxy) is 1. The van der Waals surface area contributed by atoms with Crippen LogP contribution in [0.5, 0.6) is 11.6 Å². The van der Waals surface area contributed by atoms with E-state index in [2.05, 4.69) is 20.3 Å². The van der Waals surface area contributed by atoms with Gasteiger partial charge in [-0.1, -0.05) is 36.4 Å². The second-order valence-electron chi connectivity index (χ2n) is 8.87. The molecule has 5 aromatic rings. The van der Waals surface area contributed by atoms with E-state index in [4.69, 9.17) is 17.4 Å². The summed E-state index contributed by atoms with van der Waals surface area (Å²) in [4.78, 5) is -0.100. The molecule has 9 nitrogen and oxygen atoms in total. The third kappa shape index (κ3) is 6.45. The van der Waals surface area contributed by atoms with Crippen molar-refractivity contribution in [2.45, 2.75) is 17.8 Å². The molecule has 0 aliphatic carbocycles. The number of aromatic hydroxyl groups is 1. The number of sulfonamides is 1. The first-order chi connectivity index (χ1) is 19.4. The van der Waals surface area contributed by atoms with Gasteiger partial charge in [-0.2, -0.15) is 0 Å². The average molecular weight is 600 g/mol. The van der Waals surface area contributed by atoms with E-state index >= 15 is 0 Å². The molecular formula is C27H20F3N5O4S2. The molecule has 0 saturated carbocycles. The van der Waals surface area contributed by atoms with Crippen LogP contribution in [0, 0.1) is 0 Å². The van der Waals surface area contributed by atoms with E-state index in [1.165, 1.54) is 34.9 Å². The second kappa shape index (κ2) is 10.8. The monoisotopic (exact) mass is 599 g/mol. The number of alkyl halides is 3. The standard InChI is InChI=1S/C27H20F3N5O4S2/c28-27(29,30)39-20-9-12-23-22(14-20)24(33-34-26(40)32-19-7-10-21(11-8-19)41(31,37)38)25(36)35(23)15-16-5-6-17-3-1-2-4-18(17)13-16/h1-14,36H,15H2,(H,32,40)(H2,31,37,38). The Hall–Kier alpha value is -4.53. The van der Waals surface area contributed by atoms with E-state index in [1.54, 1.807) is 0 Å². The summed E-state index contributed by atoms with van der Waals surface area (Å²) in [5.41, 5.74) is 1.47. The number of hydrogen-bond donors (Lipinski definition) is 3. The maximum absolute atomic E-state index is 12.9. The van der Waals surface area contributed by atoms with Gasteiger partial charge < -0.3 is 19.7 Å². The van der Waals surface area contributed by atoms with Gasteiger partial charge in [-0.15, -0.1) is 23.4 Å². The zero-order valence-electron chi connectivity index (χ0n) is 20.8. The quantitative estimate of drug-likeness (QED) is 0.149. The molecule has 0 unspecified atom stereocenters. The number of nitrogens with two attached hydrogens (primary N) is 1. The number of primary sulfonamides is 1. The van der Waals surface area contributed by atoms with Gasteiger partial charge in [0.2, 0.25) is 21.0 Å². The van der Waals surface area contributed by atoms with E-state index in [0.29, 0.717) is 11.2 Å². The predicted molar refractivity (Wildman–Crippen MR) is 152 cm³/mol. The zero-order chi connectivity index (χ0) is 29.4. The summed E-state index contributed by atoms with van der Waals surface area (Å²) in [5, 5.41) is 28.9. The third-order valence-electron chi connectivity index (χ3n) is 6.04. The highest BCUT2D eigenvalue weighted by molar-refractivity contribution is 7.89. The van der Waals surface area contributed by atoms with E-state index in [1.807, 2.05) is 42.5 Å². The normalized spacial score (nSPS) is 12.3. The molecule has 210 valence electrons. The number of azo groups is 1. The Labute approximate surface area is 236 Å². The van der Waals surface area contributed by atoms with Gasteiger partial charge in [0.1, 0.15) is 5.75 Å². The number of fused-ring (bicyclic) bond motifs is 2. The summed E-state index contributed by atoms with van der Waals surface area (Å²) in [6.07, 6.45) is -4.92. The molecular weight excluding hydrogens is 579 g/mol. The average Bonchev–Trinajstić information content (AvgIpc) is 3.16. The highest BCUT2D eigenvalue weighted by Gasteiger charge is 2.31. The highest BCUT2D eigenvalue weighted by Crippen LogP contribution is 2.41. The molecule has 4 N–H and O–H groups in total. The molecule has 0 aliphatic heterocycles. The van der Waals surface area contributed by atoms with E-state index < -0.39 is 22.1 Å². The smallest absolute Gasteiger partial charge is 0.493 e. The Morgan fingerprint density at radius 3 is 2.39 bits per heavy atom. The number of benzene rings is 4. The van der Waals surface area contributed by atoms with Crippen molar-refractivity contribution < 1.29 is 31.4 Å². The fourth-order valence-electron chi connectivity index (χ4n) is 4.25. The number of nitrogens with zero attached hydrogens (tertiary/aromatic N) is 3. The van der Waals surface area contributed by atoms with Crippen molar-refractivity contribution in [1.29, 1.82) is 0 Å². The lowest BCUT2D eigenvalue weighted by Gasteiger charge is -2.10. The molecule has 0 bridgehead atoms. The van der Waals surface area contributed by atoms with Crippen LogP contribution in [0.3, 0.4) is 0 Å². The summed E-state index contributed by atoms with van der Waals surface area (Å²) < 4.78 is 67.2. The van der Waals surface area contributed by atoms with Gasteiger partial charge in [0.05, 0.1) is 17.0 Å². The number of anilines is 1. The lowest BCUT2D eigenvalue weighted by molar-refractivity contribution is -0.274. The van der Waals surface area contributed by atoms with E-state index in [-0.39, 0.29) is 33.5 Å². The summed E-state index contributed by atoms with van der Waals surface area (Å²) in [6.45, 7) is 0.182. The Morgan fingerprint density at radius 1 is 1.00 bits per heavy atom. The fraction of sp³-hybridized carbons (Fsp3) is 0.0741. The SMILES string of the molecule is NS(=O)(=O)c1ccc(NC(=S)N=Nc2c(O)n(Cc3ccc4ccccc4c3)c3ccc(OC(F)(F)F)cc23)cc1. The van der Waals surface area contributed by atoms with Gasteiger partial charge in [0, 0.05) is 11.1 Å². The first-order valence-corrected chi connectivity index (χ1v) is 13.8. The first kappa shape index (κ1) is 28.0. The predicted octanol–water partition coefficient (Wildman–Crippen LogP) is 6.58. The molecule has 14 heteroatoms. The second-order valence-corrected chi connectivity index (χ2v) is 10.8. The molecule has 0 amide bonds. The first-order valence-electron chi connectivity index (χ1n) is 11.8. The minimum absolute atomic E-state index is 0.100. The molecule has 0 fully saturated rings. The van der Waals surface area contributed by atoms with E-state index in [0.717, 1.165) is 28.5 Å². The zero-order valence-corrected chi connectivity index (χ0v) is 22.5. The molecule has 0 spiro atoms. The van der Waals surface area contributed by atoms with Gasteiger partial charge >= 0.3 is 6.36 Å². The van der Waals surface area contributed by atoms with E-state index in [9.17, 15) is 26.7 Å². The van der Waals surface area contributed by atoms with Crippen LogP contribution in [0.4, 0.5) is 24.5 Å². The van der Waals surface area contributed by atoms with Crippen LogP contribution in [0.15, 0.2) is 100 Å². The number of halogens is 3. The Balaban J connectivity index is 1.49. The summed E-state index contributed by atoms with van der Waals surface area (Å²) in [5.74, 6) is -0.846. The van der Waals surface area contributed by atoms with Crippen molar-refractivity contribution in [1.82, 2.24) is 4.57 Å². The maximum Gasteiger partial charge on any atom is 0.573 e. The molecule has 0 saturated heterocycles. The van der Waals surface area contributed by atoms with Gasteiger partial charge in [-0.05, 0) is 77.1 Å². The topological polar surface area (TPSA) is 131 Å². The van der Waals surface area contributed by atoms with Crippen molar-refractivity contribution in [2.24, 2.45) is 15.4 Å². The van der Waals surface area contributed by atoms with Gasteiger partial charge in [0.15, 0.2) is 5.69 Å². The molecule has 41 heavy (non-hydrogen) atoms. The number of rotatable bonds is 6. The van der Waals surface area contributed by atoms with Crippen molar-refractivity contribution in [3.05, 3.63) is 90.5 Å². The summed E-state index contributed by atoms with van der Waals surface area (Å²) in [7, 11) is -3.88. The molecule has 1 heterocycles. The fourth-order valence-corrected chi connectivity index (χ4v) is 4.92.